The average molecular weight is 313 g/mol. The van der Waals surface area contributed by atoms with Crippen LogP contribution in [0.1, 0.15) is 39.5 Å². The standard InChI is InChI=1S/C20H27NO2/c1-19-8-6-13(21)10-12(19)4-5-14-15(19)7-9-20(2)16(14)11-17(22)18(20)23-3/h4,6,8,10,14-16,18H,5,7,9,11,21H2,1-3H3/t14-,15+,16+,18?,19+,20-/m1/s1. The van der Waals surface area contributed by atoms with Gasteiger partial charge in [-0.1, -0.05) is 26.0 Å². The number of ketones is 1. The van der Waals surface area contributed by atoms with E-state index in [1.54, 1.807) is 7.11 Å². The average Bonchev–Trinajstić information content (AvgIpc) is 2.77. The molecule has 23 heavy (non-hydrogen) atoms. The Morgan fingerprint density at radius 3 is 2.83 bits per heavy atom. The van der Waals surface area contributed by atoms with Crippen LogP contribution in [0.25, 0.3) is 0 Å². The zero-order valence-electron chi connectivity index (χ0n) is 14.3. The first kappa shape index (κ1) is 15.2. The van der Waals surface area contributed by atoms with Crippen molar-refractivity contribution in [2.75, 3.05) is 7.11 Å². The third kappa shape index (κ3) is 1.89. The molecule has 0 aromatic carbocycles. The second-order valence-electron chi connectivity index (χ2n) is 8.36. The fraction of sp³-hybridized carbons (Fsp3) is 0.650. The number of nitrogens with two attached hydrogens (primary N) is 1. The number of Topliss-reactive ketones (excluding diaryl/α,β-unsaturated/α-hetero) is 1. The van der Waals surface area contributed by atoms with E-state index in [1.165, 1.54) is 5.57 Å². The van der Waals surface area contributed by atoms with Gasteiger partial charge in [-0.2, -0.15) is 0 Å². The van der Waals surface area contributed by atoms with Gasteiger partial charge >= 0.3 is 0 Å². The molecule has 1 unspecified atom stereocenters. The van der Waals surface area contributed by atoms with Crippen molar-refractivity contribution in [2.45, 2.75) is 45.6 Å². The van der Waals surface area contributed by atoms with Crippen molar-refractivity contribution >= 4 is 5.78 Å². The first-order valence-electron chi connectivity index (χ1n) is 8.82. The molecule has 2 saturated carbocycles. The number of hydrogen-bond acceptors (Lipinski definition) is 3. The minimum atomic E-state index is -0.205. The summed E-state index contributed by atoms with van der Waals surface area (Å²) in [7, 11) is 1.69. The van der Waals surface area contributed by atoms with Gasteiger partial charge in [-0.05, 0) is 54.7 Å². The van der Waals surface area contributed by atoms with E-state index in [-0.39, 0.29) is 16.9 Å². The Balaban J connectivity index is 1.73. The number of rotatable bonds is 1. The summed E-state index contributed by atoms with van der Waals surface area (Å²) in [4.78, 5) is 12.5. The van der Waals surface area contributed by atoms with Crippen LogP contribution in [-0.4, -0.2) is 19.0 Å². The molecule has 0 spiro atoms. The van der Waals surface area contributed by atoms with E-state index in [0.717, 1.165) is 25.0 Å². The third-order valence-electron chi connectivity index (χ3n) is 7.37. The summed E-state index contributed by atoms with van der Waals surface area (Å²) in [5.74, 6) is 1.93. The molecule has 0 aliphatic heterocycles. The van der Waals surface area contributed by atoms with Crippen LogP contribution in [0.4, 0.5) is 0 Å². The maximum atomic E-state index is 12.5. The van der Waals surface area contributed by atoms with Crippen molar-refractivity contribution in [3.05, 3.63) is 35.6 Å². The molecule has 2 fully saturated rings. The van der Waals surface area contributed by atoms with E-state index in [9.17, 15) is 4.79 Å². The van der Waals surface area contributed by atoms with Gasteiger partial charge in [0, 0.05) is 30.1 Å². The Hall–Kier alpha value is -1.35. The van der Waals surface area contributed by atoms with Crippen molar-refractivity contribution in [3.63, 3.8) is 0 Å². The molecule has 124 valence electrons. The first-order valence-corrected chi connectivity index (χ1v) is 8.82. The minimum absolute atomic E-state index is 0.0158. The Labute approximate surface area is 138 Å². The molecule has 4 aliphatic carbocycles. The molecular formula is C20H27NO2. The molecule has 3 nitrogen and oxygen atoms in total. The molecule has 2 N–H and O–H groups in total. The Morgan fingerprint density at radius 1 is 1.30 bits per heavy atom. The van der Waals surface area contributed by atoms with Crippen molar-refractivity contribution in [3.8, 4) is 0 Å². The van der Waals surface area contributed by atoms with Gasteiger partial charge < -0.3 is 10.5 Å². The third-order valence-corrected chi connectivity index (χ3v) is 7.37. The highest BCUT2D eigenvalue weighted by Crippen LogP contribution is 2.63. The van der Waals surface area contributed by atoms with E-state index in [1.807, 2.05) is 0 Å². The highest BCUT2D eigenvalue weighted by atomic mass is 16.5. The smallest absolute Gasteiger partial charge is 0.162 e. The van der Waals surface area contributed by atoms with Gasteiger partial charge in [0.25, 0.3) is 0 Å². The number of methoxy groups -OCH3 is 1. The molecule has 4 rings (SSSR count). The summed E-state index contributed by atoms with van der Waals surface area (Å²) in [6.07, 6.45) is 12.7. The van der Waals surface area contributed by atoms with Crippen molar-refractivity contribution < 1.29 is 9.53 Å². The van der Waals surface area contributed by atoms with Crippen LogP contribution in [0.15, 0.2) is 35.6 Å². The lowest BCUT2D eigenvalue weighted by molar-refractivity contribution is -0.131. The van der Waals surface area contributed by atoms with Crippen LogP contribution < -0.4 is 5.73 Å². The van der Waals surface area contributed by atoms with E-state index in [0.29, 0.717) is 30.0 Å². The fourth-order valence-electron chi connectivity index (χ4n) is 6.14. The number of carbonyl (C=O) groups excluding carboxylic acids is 1. The molecule has 0 aromatic heterocycles. The van der Waals surface area contributed by atoms with Gasteiger partial charge in [-0.3, -0.25) is 4.79 Å². The monoisotopic (exact) mass is 313 g/mol. The highest BCUT2D eigenvalue weighted by molar-refractivity contribution is 5.87. The number of fused-ring (bicyclic) bond motifs is 5. The number of ether oxygens (including phenoxy) is 1. The summed E-state index contributed by atoms with van der Waals surface area (Å²) in [5.41, 5.74) is 8.31. The van der Waals surface area contributed by atoms with Crippen LogP contribution in [-0.2, 0) is 9.53 Å². The van der Waals surface area contributed by atoms with Crippen LogP contribution in [0, 0.1) is 28.6 Å². The maximum absolute atomic E-state index is 12.5. The van der Waals surface area contributed by atoms with Crippen LogP contribution >= 0.6 is 0 Å². The topological polar surface area (TPSA) is 52.3 Å². The lowest BCUT2D eigenvalue weighted by Gasteiger charge is -2.55. The number of allylic oxidation sites excluding steroid dienone is 5. The van der Waals surface area contributed by atoms with Gasteiger partial charge in [0.1, 0.15) is 6.10 Å². The fourth-order valence-corrected chi connectivity index (χ4v) is 6.14. The molecule has 0 radical (unpaired) electrons. The van der Waals surface area contributed by atoms with E-state index < -0.39 is 0 Å². The Morgan fingerprint density at radius 2 is 2.09 bits per heavy atom. The van der Waals surface area contributed by atoms with Crippen LogP contribution in [0.3, 0.4) is 0 Å². The van der Waals surface area contributed by atoms with Gasteiger partial charge in [0.05, 0.1) is 0 Å². The Bertz CT molecular complexity index is 646. The first-order chi connectivity index (χ1) is 10.9. The zero-order chi connectivity index (χ0) is 16.4. The second-order valence-corrected chi connectivity index (χ2v) is 8.36. The van der Waals surface area contributed by atoms with Crippen molar-refractivity contribution in [1.29, 1.82) is 0 Å². The summed E-state index contributed by atoms with van der Waals surface area (Å²) in [5, 5.41) is 0. The maximum Gasteiger partial charge on any atom is 0.162 e. The summed E-state index contributed by atoms with van der Waals surface area (Å²) >= 11 is 0. The predicted molar refractivity (Wildman–Crippen MR) is 90.4 cm³/mol. The summed E-state index contributed by atoms with van der Waals surface area (Å²) < 4.78 is 5.62. The highest BCUT2D eigenvalue weighted by Gasteiger charge is 2.60. The van der Waals surface area contributed by atoms with Gasteiger partial charge in [0.2, 0.25) is 0 Å². The Kier molecular flexibility index (Phi) is 3.19. The molecule has 4 aliphatic rings. The number of carbonyl (C=O) groups is 1. The molecule has 0 saturated heterocycles. The molecule has 3 heteroatoms. The number of hydrogen-bond donors (Lipinski definition) is 1. The summed E-state index contributed by atoms with van der Waals surface area (Å²) in [6, 6.07) is 0. The zero-order valence-corrected chi connectivity index (χ0v) is 14.3. The lowest BCUT2D eigenvalue weighted by Crippen LogP contribution is -2.50. The van der Waals surface area contributed by atoms with E-state index in [4.69, 9.17) is 10.5 Å². The van der Waals surface area contributed by atoms with E-state index >= 15 is 0 Å². The van der Waals surface area contributed by atoms with Gasteiger partial charge in [-0.15, -0.1) is 0 Å². The lowest BCUT2D eigenvalue weighted by atomic mass is 9.49. The molecule has 0 bridgehead atoms. The summed E-state index contributed by atoms with van der Waals surface area (Å²) in [6.45, 7) is 4.63. The molecule has 0 heterocycles. The minimum Gasteiger partial charge on any atom is -0.399 e. The van der Waals surface area contributed by atoms with Crippen molar-refractivity contribution in [1.82, 2.24) is 0 Å². The normalized spacial score (nSPS) is 48.2. The van der Waals surface area contributed by atoms with E-state index in [2.05, 4.69) is 38.2 Å². The molecule has 6 atom stereocenters. The van der Waals surface area contributed by atoms with Gasteiger partial charge in [0.15, 0.2) is 5.78 Å². The SMILES string of the molecule is COC1C(=O)C[C@H]2[C@@H]3CC=C4C=C(N)C=C[C@]4(C)[C@H]3CC[C@@]12C. The molecule has 0 amide bonds. The predicted octanol–water partition coefficient (Wildman–Crippen LogP) is 3.37. The quantitative estimate of drug-likeness (QED) is 0.807. The van der Waals surface area contributed by atoms with Crippen LogP contribution in [0.2, 0.25) is 0 Å². The molecular weight excluding hydrogens is 286 g/mol. The second kappa shape index (κ2) is 4.83. The van der Waals surface area contributed by atoms with Crippen LogP contribution in [0.5, 0.6) is 0 Å². The van der Waals surface area contributed by atoms with Crippen molar-refractivity contribution in [2.24, 2.45) is 34.3 Å². The largest absolute Gasteiger partial charge is 0.399 e. The van der Waals surface area contributed by atoms with Gasteiger partial charge in [-0.25, -0.2) is 0 Å². The molecule has 0 aromatic rings.